The van der Waals surface area contributed by atoms with Crippen molar-refractivity contribution in [1.82, 2.24) is 4.90 Å². The minimum Gasteiger partial charge on any atom is -0.481 e. The average molecular weight is 407 g/mol. The van der Waals surface area contributed by atoms with Crippen molar-refractivity contribution in [2.45, 2.75) is 18.7 Å². The number of rotatable bonds is 6. The smallest absolute Gasteiger partial charge is 0.416 e. The van der Waals surface area contributed by atoms with Gasteiger partial charge in [0, 0.05) is 30.8 Å². The van der Waals surface area contributed by atoms with E-state index in [0.717, 1.165) is 17.7 Å². The fraction of sp³-hybridized carbons (Fsp3) is 0.333. The van der Waals surface area contributed by atoms with Gasteiger partial charge in [-0.25, -0.2) is 0 Å². The van der Waals surface area contributed by atoms with Gasteiger partial charge in [0.05, 0.1) is 24.7 Å². The predicted molar refractivity (Wildman–Crippen MR) is 98.7 cm³/mol. The minimum absolute atomic E-state index is 0.0265. The Labute approximate surface area is 165 Å². The Morgan fingerprint density at radius 3 is 2.48 bits per heavy atom. The van der Waals surface area contributed by atoms with Crippen LogP contribution < -0.4 is 0 Å². The van der Waals surface area contributed by atoms with Gasteiger partial charge in [-0.2, -0.15) is 13.2 Å². The number of benzene rings is 2. The van der Waals surface area contributed by atoms with E-state index in [2.05, 4.69) is 0 Å². The number of alkyl halides is 3. The Morgan fingerprint density at radius 1 is 1.10 bits per heavy atom. The largest absolute Gasteiger partial charge is 0.481 e. The van der Waals surface area contributed by atoms with Crippen molar-refractivity contribution in [3.05, 3.63) is 70.8 Å². The Morgan fingerprint density at radius 2 is 1.83 bits per heavy atom. The first-order valence-electron chi connectivity index (χ1n) is 9.12. The van der Waals surface area contributed by atoms with Crippen LogP contribution in [0.25, 0.3) is 0 Å². The summed E-state index contributed by atoms with van der Waals surface area (Å²) in [7, 11) is 0. The van der Waals surface area contributed by atoms with E-state index in [1.54, 1.807) is 24.3 Å². The van der Waals surface area contributed by atoms with E-state index in [4.69, 9.17) is 9.84 Å². The van der Waals surface area contributed by atoms with Crippen LogP contribution in [0.3, 0.4) is 0 Å². The summed E-state index contributed by atoms with van der Waals surface area (Å²) < 4.78 is 44.3. The molecular weight excluding hydrogens is 387 g/mol. The van der Waals surface area contributed by atoms with Gasteiger partial charge in [-0.05, 0) is 17.7 Å². The maximum Gasteiger partial charge on any atom is 0.416 e. The second kappa shape index (κ2) is 8.75. The summed E-state index contributed by atoms with van der Waals surface area (Å²) in [6.45, 7) is 2.08. The maximum atomic E-state index is 12.9. The molecule has 1 aliphatic heterocycles. The van der Waals surface area contributed by atoms with Crippen LogP contribution in [0.15, 0.2) is 48.5 Å². The molecule has 8 heteroatoms. The summed E-state index contributed by atoms with van der Waals surface area (Å²) >= 11 is 0. The highest BCUT2D eigenvalue weighted by Gasteiger charge is 2.31. The molecule has 0 spiro atoms. The first-order valence-corrected chi connectivity index (χ1v) is 9.12. The lowest BCUT2D eigenvalue weighted by Crippen LogP contribution is -2.39. The summed E-state index contributed by atoms with van der Waals surface area (Å²) in [5, 5.41) is 8.81. The highest BCUT2D eigenvalue weighted by Crippen LogP contribution is 2.30. The third-order valence-electron chi connectivity index (χ3n) is 4.79. The highest BCUT2D eigenvalue weighted by molar-refractivity contribution is 6.09. The molecule has 154 valence electrons. The molecule has 2 aromatic rings. The number of carboxylic acids is 1. The molecule has 1 fully saturated rings. The Kier molecular flexibility index (Phi) is 6.34. The molecule has 1 saturated heterocycles. The van der Waals surface area contributed by atoms with Gasteiger partial charge < -0.3 is 9.84 Å². The molecule has 5 nitrogen and oxygen atoms in total. The third kappa shape index (κ3) is 5.42. The fourth-order valence-electron chi connectivity index (χ4n) is 3.21. The normalized spacial score (nSPS) is 17.8. The van der Waals surface area contributed by atoms with E-state index < -0.39 is 23.5 Å². The van der Waals surface area contributed by atoms with Crippen LogP contribution in [-0.2, 0) is 15.7 Å². The Bertz CT molecular complexity index is 880. The standard InChI is InChI=1S/C21H20F3NO4/c22-21(23,24)17-3-1-2-16(12-17)20(28)15-6-4-14(5-7-15)18-13-25(10-11-29-18)9-8-19(26)27/h1-7,12,18H,8-11,13H2,(H,26,27). The van der Waals surface area contributed by atoms with E-state index in [1.165, 1.54) is 12.1 Å². The molecule has 0 bridgehead atoms. The number of ketones is 1. The van der Waals surface area contributed by atoms with Crippen molar-refractivity contribution < 1.29 is 32.6 Å². The van der Waals surface area contributed by atoms with E-state index in [0.29, 0.717) is 26.2 Å². The number of aliphatic carboxylic acids is 1. The molecule has 29 heavy (non-hydrogen) atoms. The average Bonchev–Trinajstić information content (AvgIpc) is 2.71. The molecule has 1 N–H and O–H groups in total. The fourth-order valence-corrected chi connectivity index (χ4v) is 3.21. The van der Waals surface area contributed by atoms with E-state index in [9.17, 15) is 22.8 Å². The van der Waals surface area contributed by atoms with Gasteiger partial charge in [0.25, 0.3) is 0 Å². The monoisotopic (exact) mass is 407 g/mol. The van der Waals surface area contributed by atoms with Crippen molar-refractivity contribution >= 4 is 11.8 Å². The molecule has 0 amide bonds. The van der Waals surface area contributed by atoms with Crippen LogP contribution in [0.5, 0.6) is 0 Å². The topological polar surface area (TPSA) is 66.8 Å². The molecule has 1 aliphatic rings. The molecule has 2 aromatic carbocycles. The van der Waals surface area contributed by atoms with Gasteiger partial charge in [0.2, 0.25) is 0 Å². The van der Waals surface area contributed by atoms with Gasteiger partial charge in [0.1, 0.15) is 0 Å². The third-order valence-corrected chi connectivity index (χ3v) is 4.79. The lowest BCUT2D eigenvalue weighted by Gasteiger charge is -2.32. The number of hydrogen-bond donors (Lipinski definition) is 1. The van der Waals surface area contributed by atoms with Crippen LogP contribution in [-0.4, -0.2) is 48.0 Å². The summed E-state index contributed by atoms with van der Waals surface area (Å²) in [6, 6.07) is 10.9. The van der Waals surface area contributed by atoms with E-state index >= 15 is 0 Å². The van der Waals surface area contributed by atoms with Crippen LogP contribution in [0.1, 0.15) is 39.6 Å². The van der Waals surface area contributed by atoms with Gasteiger partial charge in [-0.15, -0.1) is 0 Å². The number of morpholine rings is 1. The number of hydrogen-bond acceptors (Lipinski definition) is 4. The van der Waals surface area contributed by atoms with Crippen molar-refractivity contribution in [3.8, 4) is 0 Å². The van der Waals surface area contributed by atoms with Crippen LogP contribution in [0.2, 0.25) is 0 Å². The second-order valence-electron chi connectivity index (χ2n) is 6.83. The number of carbonyl (C=O) groups excluding carboxylic acids is 1. The predicted octanol–water partition coefficient (Wildman–Crippen LogP) is 3.78. The lowest BCUT2D eigenvalue weighted by molar-refractivity contribution is -0.138. The van der Waals surface area contributed by atoms with Gasteiger partial charge in [-0.1, -0.05) is 36.4 Å². The minimum atomic E-state index is -4.51. The Hall–Kier alpha value is -2.71. The van der Waals surface area contributed by atoms with Crippen molar-refractivity contribution in [1.29, 1.82) is 0 Å². The SMILES string of the molecule is O=C(O)CCN1CCOC(c2ccc(C(=O)c3cccc(C(F)(F)F)c3)cc2)C1. The van der Waals surface area contributed by atoms with Gasteiger partial charge in [0.15, 0.2) is 5.78 Å². The zero-order valence-electron chi connectivity index (χ0n) is 15.5. The van der Waals surface area contributed by atoms with Crippen molar-refractivity contribution in [2.24, 2.45) is 0 Å². The maximum absolute atomic E-state index is 12.9. The molecular formula is C21H20F3NO4. The molecule has 0 radical (unpaired) electrons. The van der Waals surface area contributed by atoms with Crippen molar-refractivity contribution in [2.75, 3.05) is 26.2 Å². The molecule has 0 saturated carbocycles. The number of carbonyl (C=O) groups is 2. The summed E-state index contributed by atoms with van der Waals surface area (Å²) in [4.78, 5) is 25.3. The number of ether oxygens (including phenoxy) is 1. The first kappa shape index (κ1) is 21.0. The number of nitrogens with zero attached hydrogens (tertiary/aromatic N) is 1. The molecule has 3 rings (SSSR count). The van der Waals surface area contributed by atoms with Crippen LogP contribution in [0.4, 0.5) is 13.2 Å². The van der Waals surface area contributed by atoms with Gasteiger partial charge in [-0.3, -0.25) is 14.5 Å². The van der Waals surface area contributed by atoms with Crippen molar-refractivity contribution in [3.63, 3.8) is 0 Å². The molecule has 1 heterocycles. The van der Waals surface area contributed by atoms with Gasteiger partial charge >= 0.3 is 12.1 Å². The summed E-state index contributed by atoms with van der Waals surface area (Å²) in [5.41, 5.74) is 0.218. The zero-order chi connectivity index (χ0) is 21.0. The summed E-state index contributed by atoms with van der Waals surface area (Å²) in [5.74, 6) is -1.35. The summed E-state index contributed by atoms with van der Waals surface area (Å²) in [6.07, 6.45) is -4.71. The Balaban J connectivity index is 1.70. The van der Waals surface area contributed by atoms with E-state index in [-0.39, 0.29) is 23.7 Å². The lowest BCUT2D eigenvalue weighted by atomic mass is 9.98. The van der Waals surface area contributed by atoms with Crippen LogP contribution >= 0.6 is 0 Å². The first-order chi connectivity index (χ1) is 13.7. The van der Waals surface area contributed by atoms with E-state index in [1.807, 2.05) is 4.90 Å². The van der Waals surface area contributed by atoms with Crippen LogP contribution in [0, 0.1) is 0 Å². The highest BCUT2D eigenvalue weighted by atomic mass is 19.4. The zero-order valence-corrected chi connectivity index (χ0v) is 15.5. The molecule has 0 aliphatic carbocycles. The number of carboxylic acid groups (broad SMARTS) is 1. The molecule has 1 atom stereocenters. The molecule has 1 unspecified atom stereocenters. The number of halogens is 3. The quantitative estimate of drug-likeness (QED) is 0.739. The second-order valence-corrected chi connectivity index (χ2v) is 6.83. The molecule has 0 aromatic heterocycles.